The molecule has 0 radical (unpaired) electrons. The van der Waals surface area contributed by atoms with Crippen molar-refractivity contribution in [1.29, 1.82) is 0 Å². The molecule has 1 aromatic heterocycles. The predicted molar refractivity (Wildman–Crippen MR) is 109 cm³/mol. The first kappa shape index (κ1) is 18.8. The van der Waals surface area contributed by atoms with Crippen molar-refractivity contribution >= 4 is 46.3 Å². The molecule has 3 aromatic rings. The minimum absolute atomic E-state index is 0.0235. The number of nitrogens with one attached hydrogen (secondary N) is 2. The lowest BCUT2D eigenvalue weighted by Gasteiger charge is -2.09. The standard InChI is InChI=1S/C20H15ClN2O3S/c1-12(24)13-6-8-14(9-7-13)22-20(27)23-19(25)18-11-10-17(26-18)15-4-2-3-5-16(15)21/h2-11H,1H3,(H2,22,23,25,27). The second-order valence-corrected chi connectivity index (χ2v) is 6.50. The molecule has 0 fully saturated rings. The maximum atomic E-state index is 12.3. The van der Waals surface area contributed by atoms with E-state index in [9.17, 15) is 9.59 Å². The van der Waals surface area contributed by atoms with Crippen LogP contribution in [0.2, 0.25) is 5.02 Å². The summed E-state index contributed by atoms with van der Waals surface area (Å²) in [4.78, 5) is 23.6. The number of amides is 1. The van der Waals surface area contributed by atoms with Crippen molar-refractivity contribution in [2.24, 2.45) is 0 Å². The van der Waals surface area contributed by atoms with E-state index < -0.39 is 5.91 Å². The van der Waals surface area contributed by atoms with Crippen molar-refractivity contribution in [2.75, 3.05) is 5.32 Å². The van der Waals surface area contributed by atoms with Crippen LogP contribution in [0.5, 0.6) is 0 Å². The number of rotatable bonds is 4. The Balaban J connectivity index is 1.64. The fraction of sp³-hybridized carbons (Fsp3) is 0.0500. The quantitative estimate of drug-likeness (QED) is 0.481. The van der Waals surface area contributed by atoms with E-state index >= 15 is 0 Å². The second-order valence-electron chi connectivity index (χ2n) is 5.69. The van der Waals surface area contributed by atoms with Crippen molar-refractivity contribution in [2.45, 2.75) is 6.92 Å². The molecule has 27 heavy (non-hydrogen) atoms. The van der Waals surface area contributed by atoms with Gasteiger partial charge in [-0.25, -0.2) is 0 Å². The van der Waals surface area contributed by atoms with Gasteiger partial charge >= 0.3 is 0 Å². The maximum absolute atomic E-state index is 12.3. The van der Waals surface area contributed by atoms with E-state index in [-0.39, 0.29) is 16.7 Å². The largest absolute Gasteiger partial charge is 0.451 e. The number of furan rings is 1. The number of benzene rings is 2. The fourth-order valence-corrected chi connectivity index (χ4v) is 2.82. The molecule has 1 amide bonds. The first-order valence-electron chi connectivity index (χ1n) is 8.02. The molecule has 0 bridgehead atoms. The lowest BCUT2D eigenvalue weighted by molar-refractivity contribution is 0.0950. The van der Waals surface area contributed by atoms with E-state index in [4.69, 9.17) is 28.2 Å². The highest BCUT2D eigenvalue weighted by Crippen LogP contribution is 2.29. The molecule has 0 aliphatic carbocycles. The van der Waals surface area contributed by atoms with E-state index in [2.05, 4.69) is 10.6 Å². The summed E-state index contributed by atoms with van der Waals surface area (Å²) in [6, 6.07) is 17.2. The van der Waals surface area contributed by atoms with Crippen LogP contribution in [0.3, 0.4) is 0 Å². The molecule has 7 heteroatoms. The summed E-state index contributed by atoms with van der Waals surface area (Å²) in [5.41, 5.74) is 1.95. The van der Waals surface area contributed by atoms with Gasteiger partial charge in [0, 0.05) is 16.8 Å². The Kier molecular flexibility index (Phi) is 5.69. The van der Waals surface area contributed by atoms with Crippen LogP contribution in [-0.4, -0.2) is 16.8 Å². The molecule has 3 rings (SSSR count). The van der Waals surface area contributed by atoms with Crippen LogP contribution in [0.15, 0.2) is 65.1 Å². The molecule has 0 unspecified atom stereocenters. The molecule has 2 aromatic carbocycles. The molecular formula is C20H15ClN2O3S. The third kappa shape index (κ3) is 4.61. The monoisotopic (exact) mass is 398 g/mol. The zero-order valence-corrected chi connectivity index (χ0v) is 15.9. The molecule has 0 aliphatic rings. The Labute approximate surface area is 166 Å². The Morgan fingerprint density at radius 2 is 1.70 bits per heavy atom. The van der Waals surface area contributed by atoms with Crippen LogP contribution in [0.1, 0.15) is 27.8 Å². The number of carbonyl (C=O) groups excluding carboxylic acids is 2. The summed E-state index contributed by atoms with van der Waals surface area (Å²) < 4.78 is 5.58. The lowest BCUT2D eigenvalue weighted by Crippen LogP contribution is -2.33. The van der Waals surface area contributed by atoms with Crippen LogP contribution < -0.4 is 10.6 Å². The van der Waals surface area contributed by atoms with Crippen molar-refractivity contribution < 1.29 is 14.0 Å². The van der Waals surface area contributed by atoms with Crippen LogP contribution in [0.25, 0.3) is 11.3 Å². The SMILES string of the molecule is CC(=O)c1ccc(NC(=S)NC(=O)c2ccc(-c3ccccc3Cl)o2)cc1. The highest BCUT2D eigenvalue weighted by Gasteiger charge is 2.15. The van der Waals surface area contributed by atoms with Gasteiger partial charge in [0.15, 0.2) is 16.7 Å². The molecule has 0 aliphatic heterocycles. The van der Waals surface area contributed by atoms with E-state index in [1.165, 1.54) is 6.92 Å². The number of ketones is 1. The maximum Gasteiger partial charge on any atom is 0.293 e. The number of halogens is 1. The molecule has 2 N–H and O–H groups in total. The van der Waals surface area contributed by atoms with Gasteiger partial charge < -0.3 is 9.73 Å². The number of anilines is 1. The Morgan fingerprint density at radius 1 is 1.00 bits per heavy atom. The predicted octanol–water partition coefficient (Wildman–Crippen LogP) is 4.93. The summed E-state index contributed by atoms with van der Waals surface area (Å²) in [6.07, 6.45) is 0. The highest BCUT2D eigenvalue weighted by molar-refractivity contribution is 7.80. The summed E-state index contributed by atoms with van der Waals surface area (Å²) >= 11 is 11.3. The molecule has 5 nitrogen and oxygen atoms in total. The summed E-state index contributed by atoms with van der Waals surface area (Å²) in [7, 11) is 0. The number of thiocarbonyl (C=S) groups is 1. The van der Waals surface area contributed by atoms with Crippen molar-refractivity contribution in [1.82, 2.24) is 5.32 Å². The molecule has 0 saturated heterocycles. The molecular weight excluding hydrogens is 384 g/mol. The molecule has 1 heterocycles. The van der Waals surface area contributed by atoms with Gasteiger partial charge in [0.1, 0.15) is 5.76 Å². The molecule has 0 saturated carbocycles. The average Bonchev–Trinajstić information content (AvgIpc) is 3.12. The average molecular weight is 399 g/mol. The normalized spacial score (nSPS) is 10.3. The van der Waals surface area contributed by atoms with Gasteiger partial charge in [-0.3, -0.25) is 14.9 Å². The molecule has 0 spiro atoms. The van der Waals surface area contributed by atoms with Crippen LogP contribution in [0, 0.1) is 0 Å². The van der Waals surface area contributed by atoms with E-state index in [1.807, 2.05) is 12.1 Å². The van der Waals surface area contributed by atoms with Gasteiger partial charge in [-0.05, 0) is 67.7 Å². The number of hydrogen-bond acceptors (Lipinski definition) is 4. The zero-order chi connectivity index (χ0) is 19.4. The van der Waals surface area contributed by atoms with E-state index in [0.717, 1.165) is 0 Å². The molecule has 136 valence electrons. The van der Waals surface area contributed by atoms with Crippen LogP contribution in [0.4, 0.5) is 5.69 Å². The first-order valence-corrected chi connectivity index (χ1v) is 8.81. The van der Waals surface area contributed by atoms with Gasteiger partial charge in [-0.2, -0.15) is 0 Å². The van der Waals surface area contributed by atoms with Gasteiger partial charge in [-0.1, -0.05) is 23.7 Å². The van der Waals surface area contributed by atoms with Gasteiger partial charge in [0.05, 0.1) is 5.02 Å². The van der Waals surface area contributed by atoms with Gasteiger partial charge in [-0.15, -0.1) is 0 Å². The second kappa shape index (κ2) is 8.16. The van der Waals surface area contributed by atoms with Crippen LogP contribution >= 0.6 is 23.8 Å². The van der Waals surface area contributed by atoms with Crippen molar-refractivity contribution in [3.63, 3.8) is 0 Å². The van der Waals surface area contributed by atoms with Gasteiger partial charge in [0.25, 0.3) is 5.91 Å². The van der Waals surface area contributed by atoms with Crippen molar-refractivity contribution in [3.05, 3.63) is 77.0 Å². The molecule has 0 atom stereocenters. The third-order valence-corrected chi connectivity index (χ3v) is 4.28. The van der Waals surface area contributed by atoms with E-state index in [0.29, 0.717) is 27.6 Å². The Morgan fingerprint density at radius 3 is 2.37 bits per heavy atom. The number of carbonyl (C=O) groups is 2. The number of Topliss-reactive ketones (excluding diaryl/α,β-unsaturated/α-hetero) is 1. The minimum atomic E-state index is -0.480. The Bertz CT molecular complexity index is 1010. The first-order chi connectivity index (χ1) is 12.9. The summed E-state index contributed by atoms with van der Waals surface area (Å²) in [6.45, 7) is 1.49. The summed E-state index contributed by atoms with van der Waals surface area (Å²) in [5.74, 6) is 0.0983. The lowest BCUT2D eigenvalue weighted by atomic mass is 10.1. The summed E-state index contributed by atoms with van der Waals surface area (Å²) in [5, 5.41) is 6.08. The highest BCUT2D eigenvalue weighted by atomic mass is 35.5. The topological polar surface area (TPSA) is 71.3 Å². The fourth-order valence-electron chi connectivity index (χ4n) is 2.38. The van der Waals surface area contributed by atoms with Crippen LogP contribution in [-0.2, 0) is 0 Å². The van der Waals surface area contributed by atoms with Gasteiger partial charge in [0.2, 0.25) is 0 Å². The zero-order valence-electron chi connectivity index (χ0n) is 14.3. The smallest absolute Gasteiger partial charge is 0.293 e. The van der Waals surface area contributed by atoms with Crippen molar-refractivity contribution in [3.8, 4) is 11.3 Å². The minimum Gasteiger partial charge on any atom is -0.451 e. The number of hydrogen-bond donors (Lipinski definition) is 2. The van der Waals surface area contributed by atoms with E-state index in [1.54, 1.807) is 48.5 Å². The third-order valence-electron chi connectivity index (χ3n) is 3.75. The Hall–Kier alpha value is -2.96.